The largest absolute Gasteiger partial charge is 0.286 e. The lowest BCUT2D eigenvalue weighted by Gasteiger charge is -2.03. The van der Waals surface area contributed by atoms with Crippen LogP contribution in [0.1, 0.15) is 11.1 Å². The Morgan fingerprint density at radius 1 is 0.882 bits per heavy atom. The van der Waals surface area contributed by atoms with Crippen molar-refractivity contribution in [2.45, 2.75) is 13.8 Å². The summed E-state index contributed by atoms with van der Waals surface area (Å²) in [6, 6.07) is 12.9. The van der Waals surface area contributed by atoms with E-state index in [1.54, 1.807) is 0 Å². The predicted octanol–water partition coefficient (Wildman–Crippen LogP) is 2.96. The van der Waals surface area contributed by atoms with Gasteiger partial charge in [-0.05, 0) is 35.7 Å². The van der Waals surface area contributed by atoms with Gasteiger partial charge in [0.15, 0.2) is 0 Å². The monoisotopic (exact) mass is 252 g/mol. The summed E-state index contributed by atoms with van der Waals surface area (Å²) in [5.74, 6) is 0. The molecule has 2 aromatic carbocycles. The maximum atomic E-state index is 9.19. The molecule has 0 aliphatic rings. The second-order valence-corrected chi connectivity index (χ2v) is 5.44. The zero-order chi connectivity index (χ0) is 13.1. The van der Waals surface area contributed by atoms with Crippen molar-refractivity contribution in [3.8, 4) is 0 Å². The Kier molecular flexibility index (Phi) is 4.26. The lowest BCUT2D eigenvalue weighted by Crippen LogP contribution is -1.88. The summed E-state index contributed by atoms with van der Waals surface area (Å²) in [5.41, 5.74) is 2.72. The van der Waals surface area contributed by atoms with Crippen LogP contribution < -0.4 is 0 Å². The fourth-order valence-electron chi connectivity index (χ4n) is 1.62. The molecule has 0 amide bonds. The second-order valence-electron chi connectivity index (χ2n) is 3.98. The number of hydrogen-bond donors (Lipinski definition) is 1. The Balaban J connectivity index is 0.000000249. The van der Waals surface area contributed by atoms with Crippen LogP contribution in [0.2, 0.25) is 0 Å². The van der Waals surface area contributed by atoms with Crippen molar-refractivity contribution in [1.82, 2.24) is 0 Å². The van der Waals surface area contributed by atoms with Gasteiger partial charge in [-0.3, -0.25) is 4.55 Å². The average Bonchev–Trinajstić information content (AvgIpc) is 2.17. The first-order valence-electron chi connectivity index (χ1n) is 5.16. The zero-order valence-electron chi connectivity index (χ0n) is 10.1. The van der Waals surface area contributed by atoms with Crippen molar-refractivity contribution < 1.29 is 13.0 Å². The molecule has 0 radical (unpaired) electrons. The summed E-state index contributed by atoms with van der Waals surface area (Å²) in [6.07, 6.45) is 0.715. The number of benzene rings is 2. The van der Waals surface area contributed by atoms with Crippen LogP contribution in [-0.4, -0.2) is 19.2 Å². The predicted molar refractivity (Wildman–Crippen MR) is 70.9 cm³/mol. The standard InChI is InChI=1S/C12H12.CH4O3S/c1-9-5-3-8-12-10(2)6-4-7-11(9)12;1-5(2,3)4/h3-8H,1-2H3;1H3,(H,2,3,4). The normalized spacial score (nSPS) is 10.8. The summed E-state index contributed by atoms with van der Waals surface area (Å²) in [6.45, 7) is 4.31. The molecule has 0 heterocycles. The highest BCUT2D eigenvalue weighted by atomic mass is 32.2. The highest BCUT2D eigenvalue weighted by Crippen LogP contribution is 2.20. The van der Waals surface area contributed by atoms with E-state index in [1.807, 2.05) is 0 Å². The minimum atomic E-state index is -3.67. The van der Waals surface area contributed by atoms with Crippen molar-refractivity contribution in [1.29, 1.82) is 0 Å². The summed E-state index contributed by atoms with van der Waals surface area (Å²) in [4.78, 5) is 0. The molecule has 0 unspecified atom stereocenters. The van der Waals surface area contributed by atoms with Crippen molar-refractivity contribution in [3.05, 3.63) is 47.5 Å². The highest BCUT2D eigenvalue weighted by Gasteiger charge is 1.96. The fraction of sp³-hybridized carbons (Fsp3) is 0.231. The van der Waals surface area contributed by atoms with E-state index in [0.717, 1.165) is 0 Å². The first-order valence-corrected chi connectivity index (χ1v) is 7.01. The van der Waals surface area contributed by atoms with Crippen LogP contribution in [0.25, 0.3) is 10.8 Å². The lowest BCUT2D eigenvalue weighted by molar-refractivity contribution is 0.490. The van der Waals surface area contributed by atoms with Crippen molar-refractivity contribution in [2.24, 2.45) is 0 Å². The maximum absolute atomic E-state index is 9.19. The molecular formula is C13H16O3S. The Labute approximate surface area is 102 Å². The van der Waals surface area contributed by atoms with Gasteiger partial charge in [0, 0.05) is 0 Å². The summed E-state index contributed by atoms with van der Waals surface area (Å²) in [5, 5.41) is 2.75. The number of rotatable bonds is 0. The SMILES string of the molecule is CS(=O)(=O)O.Cc1cccc2c(C)cccc12. The molecular weight excluding hydrogens is 236 g/mol. The topological polar surface area (TPSA) is 54.4 Å². The van der Waals surface area contributed by atoms with Gasteiger partial charge in [-0.25, -0.2) is 0 Å². The molecule has 1 N–H and O–H groups in total. The Hall–Kier alpha value is -1.39. The van der Waals surface area contributed by atoms with E-state index in [1.165, 1.54) is 21.9 Å². The zero-order valence-corrected chi connectivity index (χ0v) is 11.0. The molecule has 0 spiro atoms. The Morgan fingerprint density at radius 3 is 1.47 bits per heavy atom. The first-order chi connectivity index (χ1) is 7.79. The van der Waals surface area contributed by atoms with Crippen LogP contribution in [-0.2, 0) is 10.1 Å². The van der Waals surface area contributed by atoms with E-state index in [4.69, 9.17) is 4.55 Å². The molecule has 0 aliphatic carbocycles. The Morgan fingerprint density at radius 2 is 1.18 bits per heavy atom. The number of hydrogen-bond acceptors (Lipinski definition) is 2. The molecule has 0 aromatic heterocycles. The molecule has 4 heteroatoms. The molecule has 0 bridgehead atoms. The van der Waals surface area contributed by atoms with Crippen LogP contribution in [0.4, 0.5) is 0 Å². The van der Waals surface area contributed by atoms with Gasteiger partial charge in [-0.2, -0.15) is 8.42 Å². The van der Waals surface area contributed by atoms with Crippen LogP contribution in [0.3, 0.4) is 0 Å². The lowest BCUT2D eigenvalue weighted by atomic mass is 10.0. The van der Waals surface area contributed by atoms with E-state index >= 15 is 0 Å². The third-order valence-corrected chi connectivity index (χ3v) is 2.36. The molecule has 0 fully saturated rings. The van der Waals surface area contributed by atoms with Gasteiger partial charge in [0.25, 0.3) is 10.1 Å². The van der Waals surface area contributed by atoms with Gasteiger partial charge < -0.3 is 0 Å². The Bertz CT molecular complexity index is 566. The van der Waals surface area contributed by atoms with Crippen molar-refractivity contribution in [2.75, 3.05) is 6.26 Å². The van der Waals surface area contributed by atoms with E-state index < -0.39 is 10.1 Å². The van der Waals surface area contributed by atoms with Gasteiger partial charge in [0.05, 0.1) is 6.26 Å². The summed E-state index contributed by atoms with van der Waals surface area (Å²) >= 11 is 0. The molecule has 0 saturated carbocycles. The van der Waals surface area contributed by atoms with Gasteiger partial charge in [-0.1, -0.05) is 36.4 Å². The highest BCUT2D eigenvalue weighted by molar-refractivity contribution is 7.85. The molecule has 3 nitrogen and oxygen atoms in total. The molecule has 0 aliphatic heterocycles. The first kappa shape index (κ1) is 13.7. The molecule has 0 atom stereocenters. The van der Waals surface area contributed by atoms with E-state index in [0.29, 0.717) is 6.26 Å². The van der Waals surface area contributed by atoms with Crippen molar-refractivity contribution >= 4 is 20.9 Å². The molecule has 17 heavy (non-hydrogen) atoms. The summed E-state index contributed by atoms with van der Waals surface area (Å²) < 4.78 is 25.9. The van der Waals surface area contributed by atoms with Gasteiger partial charge >= 0.3 is 0 Å². The molecule has 2 aromatic rings. The van der Waals surface area contributed by atoms with E-state index in [9.17, 15) is 8.42 Å². The van der Waals surface area contributed by atoms with Gasteiger partial charge in [-0.15, -0.1) is 0 Å². The van der Waals surface area contributed by atoms with Crippen molar-refractivity contribution in [3.63, 3.8) is 0 Å². The minimum absolute atomic E-state index is 0.715. The molecule has 92 valence electrons. The minimum Gasteiger partial charge on any atom is -0.286 e. The smallest absolute Gasteiger partial charge is 0.261 e. The van der Waals surface area contributed by atoms with Gasteiger partial charge in [0.2, 0.25) is 0 Å². The fourth-order valence-corrected chi connectivity index (χ4v) is 1.62. The van der Waals surface area contributed by atoms with E-state index in [-0.39, 0.29) is 0 Å². The molecule has 2 rings (SSSR count). The van der Waals surface area contributed by atoms with Crippen LogP contribution in [0, 0.1) is 13.8 Å². The number of aryl methyl sites for hydroxylation is 2. The average molecular weight is 252 g/mol. The number of fused-ring (bicyclic) bond motifs is 1. The molecule has 0 saturated heterocycles. The van der Waals surface area contributed by atoms with Gasteiger partial charge in [0.1, 0.15) is 0 Å². The summed E-state index contributed by atoms with van der Waals surface area (Å²) in [7, 11) is -3.67. The second kappa shape index (κ2) is 5.29. The third-order valence-electron chi connectivity index (χ3n) is 2.36. The van der Waals surface area contributed by atoms with Crippen LogP contribution >= 0.6 is 0 Å². The maximum Gasteiger partial charge on any atom is 0.261 e. The quantitative estimate of drug-likeness (QED) is 0.733. The van der Waals surface area contributed by atoms with Crippen LogP contribution in [0.15, 0.2) is 36.4 Å². The van der Waals surface area contributed by atoms with Crippen LogP contribution in [0.5, 0.6) is 0 Å². The third kappa shape index (κ3) is 4.54. The van der Waals surface area contributed by atoms with E-state index in [2.05, 4.69) is 50.2 Å².